The van der Waals surface area contributed by atoms with E-state index in [2.05, 4.69) is 0 Å². The molecule has 1 amide bonds. The standard InChI is InChI=1S/C27H27ClN2O5/c1-19(31)30(23-8-11-26(25(16-23)27(32)33)29-12-14-34-15-13-29)17-20-4-9-24(10-5-20)35-18-21-2-6-22(28)7-3-21/h2-11,16H,12-15,17-18H2,1H3,(H,32,33). The third-order valence-electron chi connectivity index (χ3n) is 5.84. The number of morpholine rings is 1. The maximum atomic E-state index is 12.5. The molecule has 8 heteroatoms. The highest BCUT2D eigenvalue weighted by Crippen LogP contribution is 2.29. The number of carboxylic acid groups (broad SMARTS) is 1. The van der Waals surface area contributed by atoms with Crippen molar-refractivity contribution in [3.8, 4) is 5.75 Å². The molecule has 0 spiro atoms. The number of carbonyl (C=O) groups is 2. The van der Waals surface area contributed by atoms with E-state index in [-0.39, 0.29) is 11.5 Å². The fraction of sp³-hybridized carbons (Fsp3) is 0.259. The number of halogens is 1. The summed E-state index contributed by atoms with van der Waals surface area (Å²) in [5.41, 5.74) is 3.25. The molecular formula is C27H27ClN2O5. The van der Waals surface area contributed by atoms with E-state index in [1.54, 1.807) is 23.1 Å². The van der Waals surface area contributed by atoms with Crippen LogP contribution in [-0.2, 0) is 22.7 Å². The Kier molecular flexibility index (Phi) is 7.90. The molecule has 0 unspecified atom stereocenters. The molecule has 3 aromatic carbocycles. The highest BCUT2D eigenvalue weighted by atomic mass is 35.5. The first-order valence-corrected chi connectivity index (χ1v) is 11.7. The van der Waals surface area contributed by atoms with Gasteiger partial charge in [0.2, 0.25) is 5.91 Å². The molecular weight excluding hydrogens is 468 g/mol. The predicted molar refractivity (Wildman–Crippen MR) is 136 cm³/mol. The number of amides is 1. The number of aromatic carboxylic acids is 1. The Balaban J connectivity index is 1.47. The Labute approximate surface area is 209 Å². The normalized spacial score (nSPS) is 13.4. The van der Waals surface area contributed by atoms with E-state index in [1.165, 1.54) is 6.92 Å². The number of nitrogens with zero attached hydrogens (tertiary/aromatic N) is 2. The van der Waals surface area contributed by atoms with Crippen molar-refractivity contribution in [3.05, 3.63) is 88.4 Å². The zero-order chi connectivity index (χ0) is 24.8. The number of hydrogen-bond donors (Lipinski definition) is 1. The van der Waals surface area contributed by atoms with Gasteiger partial charge in [0.25, 0.3) is 0 Å². The van der Waals surface area contributed by atoms with Gasteiger partial charge in [-0.3, -0.25) is 4.79 Å². The molecule has 1 N–H and O–H groups in total. The van der Waals surface area contributed by atoms with E-state index in [0.717, 1.165) is 11.1 Å². The molecule has 0 aliphatic carbocycles. The van der Waals surface area contributed by atoms with Crippen LogP contribution in [0.5, 0.6) is 5.75 Å². The minimum Gasteiger partial charge on any atom is -0.489 e. The minimum atomic E-state index is -1.03. The summed E-state index contributed by atoms with van der Waals surface area (Å²) >= 11 is 5.92. The molecule has 1 fully saturated rings. The van der Waals surface area contributed by atoms with Gasteiger partial charge in [-0.2, -0.15) is 0 Å². The fourth-order valence-electron chi connectivity index (χ4n) is 3.95. The topological polar surface area (TPSA) is 79.3 Å². The largest absolute Gasteiger partial charge is 0.489 e. The van der Waals surface area contributed by atoms with Crippen LogP contribution in [0.15, 0.2) is 66.7 Å². The molecule has 35 heavy (non-hydrogen) atoms. The molecule has 0 radical (unpaired) electrons. The number of ether oxygens (including phenoxy) is 2. The van der Waals surface area contributed by atoms with Crippen molar-refractivity contribution in [2.75, 3.05) is 36.1 Å². The van der Waals surface area contributed by atoms with Gasteiger partial charge in [-0.15, -0.1) is 0 Å². The second-order valence-corrected chi connectivity index (χ2v) is 8.71. The summed E-state index contributed by atoms with van der Waals surface area (Å²) < 4.78 is 11.2. The lowest BCUT2D eigenvalue weighted by molar-refractivity contribution is -0.116. The monoisotopic (exact) mass is 494 g/mol. The molecule has 0 bridgehead atoms. The molecule has 3 aromatic rings. The van der Waals surface area contributed by atoms with Gasteiger partial charge in [-0.05, 0) is 53.6 Å². The van der Waals surface area contributed by atoms with Gasteiger partial charge in [0.05, 0.1) is 31.0 Å². The minimum absolute atomic E-state index is 0.168. The van der Waals surface area contributed by atoms with Gasteiger partial charge >= 0.3 is 5.97 Å². The van der Waals surface area contributed by atoms with Gasteiger partial charge in [-0.1, -0.05) is 35.9 Å². The van der Waals surface area contributed by atoms with Crippen molar-refractivity contribution in [2.45, 2.75) is 20.1 Å². The number of anilines is 2. The summed E-state index contributed by atoms with van der Waals surface area (Å²) in [5, 5.41) is 10.5. The lowest BCUT2D eigenvalue weighted by Crippen LogP contribution is -2.37. The van der Waals surface area contributed by atoms with Crippen LogP contribution in [0.25, 0.3) is 0 Å². The lowest BCUT2D eigenvalue weighted by atomic mass is 10.1. The van der Waals surface area contributed by atoms with Crippen LogP contribution >= 0.6 is 11.6 Å². The first-order chi connectivity index (χ1) is 16.9. The van der Waals surface area contributed by atoms with Crippen LogP contribution in [0.2, 0.25) is 5.02 Å². The molecule has 4 rings (SSSR count). The molecule has 0 atom stereocenters. The van der Waals surface area contributed by atoms with Crippen molar-refractivity contribution in [3.63, 3.8) is 0 Å². The van der Waals surface area contributed by atoms with Crippen molar-refractivity contribution in [1.82, 2.24) is 0 Å². The van der Waals surface area contributed by atoms with Crippen molar-refractivity contribution in [2.24, 2.45) is 0 Å². The Bertz CT molecular complexity index is 1180. The smallest absolute Gasteiger partial charge is 0.337 e. The zero-order valence-electron chi connectivity index (χ0n) is 19.4. The first kappa shape index (κ1) is 24.6. The third-order valence-corrected chi connectivity index (χ3v) is 6.09. The van der Waals surface area contributed by atoms with E-state index < -0.39 is 5.97 Å². The highest BCUT2D eigenvalue weighted by molar-refractivity contribution is 6.30. The van der Waals surface area contributed by atoms with Crippen molar-refractivity contribution in [1.29, 1.82) is 0 Å². The Morgan fingerprint density at radius 1 is 1.00 bits per heavy atom. The summed E-state index contributed by atoms with van der Waals surface area (Å²) in [6.07, 6.45) is 0. The number of carbonyl (C=O) groups excluding carboxylic acids is 1. The summed E-state index contributed by atoms with van der Waals surface area (Å²) in [6, 6.07) is 20.1. The molecule has 0 aromatic heterocycles. The van der Waals surface area contributed by atoms with Gasteiger partial charge in [0.15, 0.2) is 0 Å². The lowest BCUT2D eigenvalue weighted by Gasteiger charge is -2.31. The average Bonchev–Trinajstić information content (AvgIpc) is 2.87. The maximum Gasteiger partial charge on any atom is 0.337 e. The second-order valence-electron chi connectivity index (χ2n) is 8.27. The van der Waals surface area contributed by atoms with Crippen LogP contribution in [0.1, 0.15) is 28.4 Å². The molecule has 7 nitrogen and oxygen atoms in total. The molecule has 1 heterocycles. The summed E-state index contributed by atoms with van der Waals surface area (Å²) in [5.74, 6) is -0.497. The van der Waals surface area contributed by atoms with Gasteiger partial charge in [-0.25, -0.2) is 4.79 Å². The van der Waals surface area contributed by atoms with Gasteiger partial charge in [0.1, 0.15) is 12.4 Å². The van der Waals surface area contributed by atoms with E-state index in [0.29, 0.717) is 61.6 Å². The quantitative estimate of drug-likeness (QED) is 0.474. The van der Waals surface area contributed by atoms with Crippen LogP contribution in [-0.4, -0.2) is 43.3 Å². The second kappa shape index (κ2) is 11.3. The average molecular weight is 495 g/mol. The van der Waals surface area contributed by atoms with E-state index >= 15 is 0 Å². The van der Waals surface area contributed by atoms with Crippen molar-refractivity contribution < 1.29 is 24.2 Å². The number of benzene rings is 3. The number of rotatable bonds is 8. The highest BCUT2D eigenvalue weighted by Gasteiger charge is 2.21. The van der Waals surface area contributed by atoms with Crippen LogP contribution in [0.3, 0.4) is 0 Å². The predicted octanol–water partition coefficient (Wildman–Crippen LogP) is 5.01. The summed E-state index contributed by atoms with van der Waals surface area (Å²) in [7, 11) is 0. The third kappa shape index (κ3) is 6.32. The Morgan fingerprint density at radius 2 is 1.66 bits per heavy atom. The van der Waals surface area contributed by atoms with Gasteiger partial charge < -0.3 is 24.4 Å². The Hall–Kier alpha value is -3.55. The SMILES string of the molecule is CC(=O)N(Cc1ccc(OCc2ccc(Cl)cc2)cc1)c1ccc(N2CCOCC2)c(C(=O)O)c1. The van der Waals surface area contributed by atoms with E-state index in [9.17, 15) is 14.7 Å². The summed E-state index contributed by atoms with van der Waals surface area (Å²) in [6.45, 7) is 4.57. The van der Waals surface area contributed by atoms with Crippen LogP contribution < -0.4 is 14.5 Å². The zero-order valence-corrected chi connectivity index (χ0v) is 20.2. The molecule has 1 aliphatic heterocycles. The van der Waals surface area contributed by atoms with Crippen LogP contribution in [0.4, 0.5) is 11.4 Å². The molecule has 1 aliphatic rings. The maximum absolute atomic E-state index is 12.5. The summed E-state index contributed by atoms with van der Waals surface area (Å²) in [4.78, 5) is 28.1. The first-order valence-electron chi connectivity index (χ1n) is 11.3. The van der Waals surface area contributed by atoms with Gasteiger partial charge in [0, 0.05) is 30.7 Å². The number of carboxylic acids is 1. The van der Waals surface area contributed by atoms with Crippen LogP contribution in [0, 0.1) is 0 Å². The number of hydrogen-bond acceptors (Lipinski definition) is 5. The van der Waals surface area contributed by atoms with E-state index in [1.807, 2.05) is 53.4 Å². The molecule has 182 valence electrons. The molecule has 1 saturated heterocycles. The fourth-order valence-corrected chi connectivity index (χ4v) is 4.07. The Morgan fingerprint density at radius 3 is 2.29 bits per heavy atom. The molecule has 0 saturated carbocycles. The van der Waals surface area contributed by atoms with E-state index in [4.69, 9.17) is 21.1 Å². The van der Waals surface area contributed by atoms with Crippen molar-refractivity contribution >= 4 is 34.9 Å².